The number of hydrogen-bond donors (Lipinski definition) is 1. The van der Waals surface area contributed by atoms with E-state index < -0.39 is 6.50 Å². The van der Waals surface area contributed by atoms with Gasteiger partial charge >= 0.3 is 0 Å². The lowest BCUT2D eigenvalue weighted by atomic mass is 9.97. The number of ketones is 1. The van der Waals surface area contributed by atoms with Crippen LogP contribution in [-0.4, -0.2) is 51.8 Å². The molecular formula is C30H31N5O. The third kappa shape index (κ3) is 6.08. The molecule has 1 fully saturated rings. The van der Waals surface area contributed by atoms with E-state index in [-0.39, 0.29) is 12.2 Å². The molecule has 0 bridgehead atoms. The van der Waals surface area contributed by atoms with Gasteiger partial charge in [-0.1, -0.05) is 42.5 Å². The SMILES string of the molecule is [2H]C([2H])(c1ccc(C(=O)Cc2ccc(C)c(Cc3nccc(-c4cccnc4)n3)c2)cc1)N1CCNCC1. The Balaban J connectivity index is 1.28. The number of nitrogens with zero attached hydrogens (tertiary/aromatic N) is 4. The molecule has 1 aliphatic heterocycles. The van der Waals surface area contributed by atoms with Gasteiger partial charge in [0.1, 0.15) is 5.82 Å². The topological polar surface area (TPSA) is 71.0 Å². The summed E-state index contributed by atoms with van der Waals surface area (Å²) in [6.45, 7) is 3.35. The van der Waals surface area contributed by atoms with Gasteiger partial charge in [-0.25, -0.2) is 9.97 Å². The van der Waals surface area contributed by atoms with Gasteiger partial charge < -0.3 is 5.32 Å². The first kappa shape index (κ1) is 21.5. The zero-order valence-corrected chi connectivity index (χ0v) is 20.4. The first-order valence-corrected chi connectivity index (χ1v) is 12.3. The number of Topliss-reactive ketones (excluding diaryl/α,β-unsaturated/α-hetero) is 1. The molecule has 6 heteroatoms. The van der Waals surface area contributed by atoms with E-state index in [1.807, 2.05) is 35.2 Å². The second kappa shape index (κ2) is 11.3. The smallest absolute Gasteiger partial charge is 0.167 e. The molecule has 2 aromatic heterocycles. The molecule has 182 valence electrons. The quantitative estimate of drug-likeness (QED) is 0.381. The summed E-state index contributed by atoms with van der Waals surface area (Å²) in [6, 6.07) is 18.8. The number of benzene rings is 2. The lowest BCUT2D eigenvalue weighted by Crippen LogP contribution is -2.42. The molecule has 2 aromatic carbocycles. The minimum Gasteiger partial charge on any atom is -0.314 e. The van der Waals surface area contributed by atoms with Crippen molar-refractivity contribution >= 4 is 5.78 Å². The van der Waals surface area contributed by atoms with Crippen molar-refractivity contribution in [2.45, 2.75) is 26.3 Å². The van der Waals surface area contributed by atoms with Crippen molar-refractivity contribution in [3.8, 4) is 11.3 Å². The highest BCUT2D eigenvalue weighted by atomic mass is 16.1. The number of pyridine rings is 1. The van der Waals surface area contributed by atoms with Gasteiger partial charge in [-0.2, -0.15) is 0 Å². The summed E-state index contributed by atoms with van der Waals surface area (Å²) >= 11 is 0. The van der Waals surface area contributed by atoms with Crippen molar-refractivity contribution < 1.29 is 7.54 Å². The molecule has 0 saturated carbocycles. The number of carbonyl (C=O) groups is 1. The van der Waals surface area contributed by atoms with Crippen molar-refractivity contribution in [2.75, 3.05) is 26.2 Å². The van der Waals surface area contributed by atoms with Gasteiger partial charge in [0.2, 0.25) is 0 Å². The largest absolute Gasteiger partial charge is 0.314 e. The lowest BCUT2D eigenvalue weighted by Gasteiger charge is -2.27. The van der Waals surface area contributed by atoms with E-state index in [1.54, 1.807) is 42.9 Å². The highest BCUT2D eigenvalue weighted by Crippen LogP contribution is 2.19. The Bertz CT molecular complexity index is 1400. The van der Waals surface area contributed by atoms with Gasteiger partial charge in [0.25, 0.3) is 0 Å². The Morgan fingerprint density at radius 1 is 1.03 bits per heavy atom. The summed E-state index contributed by atoms with van der Waals surface area (Å²) in [5.74, 6) is 0.719. The van der Waals surface area contributed by atoms with Crippen molar-refractivity contribution in [1.82, 2.24) is 25.2 Å². The van der Waals surface area contributed by atoms with Crippen LogP contribution in [0.25, 0.3) is 11.3 Å². The number of aryl methyl sites for hydroxylation is 1. The first-order valence-electron chi connectivity index (χ1n) is 13.3. The average Bonchev–Trinajstić information content (AvgIpc) is 2.96. The first-order chi connectivity index (χ1) is 18.4. The molecule has 0 atom stereocenters. The van der Waals surface area contributed by atoms with Crippen LogP contribution in [0.5, 0.6) is 0 Å². The van der Waals surface area contributed by atoms with Crippen molar-refractivity contribution in [3.63, 3.8) is 0 Å². The molecule has 5 rings (SSSR count). The lowest BCUT2D eigenvalue weighted by molar-refractivity contribution is 0.0993. The minimum atomic E-state index is -1.56. The van der Waals surface area contributed by atoms with Crippen LogP contribution in [0.4, 0.5) is 0 Å². The molecule has 36 heavy (non-hydrogen) atoms. The number of piperazine rings is 1. The van der Waals surface area contributed by atoms with E-state index in [0.717, 1.165) is 41.0 Å². The van der Waals surface area contributed by atoms with E-state index in [2.05, 4.69) is 28.3 Å². The predicted molar refractivity (Wildman–Crippen MR) is 142 cm³/mol. The molecule has 4 aromatic rings. The Hall–Kier alpha value is -3.74. The zero-order valence-electron chi connectivity index (χ0n) is 22.4. The van der Waals surface area contributed by atoms with Gasteiger partial charge in [-0.05, 0) is 47.4 Å². The van der Waals surface area contributed by atoms with Crippen LogP contribution in [0.2, 0.25) is 0 Å². The molecule has 1 aliphatic rings. The van der Waals surface area contributed by atoms with Crippen molar-refractivity contribution in [2.24, 2.45) is 0 Å². The predicted octanol–water partition coefficient (Wildman–Crippen LogP) is 4.27. The van der Waals surface area contributed by atoms with Gasteiger partial charge in [-0.3, -0.25) is 14.7 Å². The molecule has 1 N–H and O–H groups in total. The number of aromatic nitrogens is 3. The number of carbonyl (C=O) groups excluding carboxylic acids is 1. The molecule has 3 heterocycles. The van der Waals surface area contributed by atoms with Crippen LogP contribution < -0.4 is 5.32 Å². The highest BCUT2D eigenvalue weighted by Gasteiger charge is 2.13. The number of nitrogens with one attached hydrogen (secondary N) is 1. The summed E-state index contributed by atoms with van der Waals surface area (Å²) in [5.41, 5.74) is 6.06. The summed E-state index contributed by atoms with van der Waals surface area (Å²) in [6.07, 6.45) is 6.13. The third-order valence-electron chi connectivity index (χ3n) is 6.40. The van der Waals surface area contributed by atoms with E-state index in [4.69, 9.17) is 7.73 Å². The second-order valence-electron chi connectivity index (χ2n) is 9.06. The molecule has 0 unspecified atom stereocenters. The molecule has 0 radical (unpaired) electrons. The van der Waals surface area contributed by atoms with Gasteiger partial charge in [0.05, 0.1) is 5.69 Å². The molecular weight excluding hydrogens is 446 g/mol. The van der Waals surface area contributed by atoms with E-state index >= 15 is 0 Å². The van der Waals surface area contributed by atoms with Crippen LogP contribution >= 0.6 is 0 Å². The minimum absolute atomic E-state index is 0.00362. The maximum Gasteiger partial charge on any atom is 0.167 e. The van der Waals surface area contributed by atoms with Crippen LogP contribution in [0.15, 0.2) is 79.3 Å². The highest BCUT2D eigenvalue weighted by molar-refractivity contribution is 5.97. The summed E-state index contributed by atoms with van der Waals surface area (Å²) in [4.78, 5) is 28.3. The Kier molecular flexibility index (Phi) is 6.78. The Morgan fingerprint density at radius 2 is 1.83 bits per heavy atom. The fraction of sp³-hybridized carbons (Fsp3) is 0.267. The van der Waals surface area contributed by atoms with Crippen LogP contribution in [0.1, 0.15) is 41.2 Å². The summed E-state index contributed by atoms with van der Waals surface area (Å²) in [7, 11) is 0. The number of rotatable bonds is 8. The molecule has 0 spiro atoms. The standard InChI is InChI=1S/C30H31N5O/c1-22-4-5-24(17-27(22)19-30-33-12-10-28(34-30)26-3-2-11-32-20-26)18-29(36)25-8-6-23(7-9-25)21-35-15-13-31-14-16-35/h2-12,17,20,31H,13-16,18-19,21H2,1H3/i21D2. The van der Waals surface area contributed by atoms with E-state index in [1.165, 1.54) is 0 Å². The third-order valence-corrected chi connectivity index (χ3v) is 6.40. The normalized spacial score (nSPS) is 15.2. The van der Waals surface area contributed by atoms with Crippen LogP contribution in [0.3, 0.4) is 0 Å². The second-order valence-corrected chi connectivity index (χ2v) is 9.06. The maximum atomic E-state index is 13.1. The summed E-state index contributed by atoms with van der Waals surface area (Å²) in [5, 5.41) is 3.25. The fourth-order valence-corrected chi connectivity index (χ4v) is 4.33. The van der Waals surface area contributed by atoms with Gasteiger partial charge in [-0.15, -0.1) is 0 Å². The van der Waals surface area contributed by atoms with Crippen molar-refractivity contribution in [3.05, 3.63) is 113 Å². The van der Waals surface area contributed by atoms with E-state index in [0.29, 0.717) is 36.5 Å². The van der Waals surface area contributed by atoms with Crippen LogP contribution in [-0.2, 0) is 19.3 Å². The molecule has 0 aliphatic carbocycles. The average molecular weight is 480 g/mol. The molecule has 1 saturated heterocycles. The maximum absolute atomic E-state index is 13.1. The van der Waals surface area contributed by atoms with Gasteiger partial charge in [0.15, 0.2) is 5.78 Å². The monoisotopic (exact) mass is 479 g/mol. The zero-order chi connectivity index (χ0) is 26.5. The number of hydrogen-bond acceptors (Lipinski definition) is 6. The molecule has 0 amide bonds. The summed E-state index contributed by atoms with van der Waals surface area (Å²) < 4.78 is 17.2. The Labute approximate surface area is 215 Å². The fourth-order valence-electron chi connectivity index (χ4n) is 4.33. The van der Waals surface area contributed by atoms with Crippen molar-refractivity contribution in [1.29, 1.82) is 0 Å². The van der Waals surface area contributed by atoms with Crippen LogP contribution in [0, 0.1) is 6.92 Å². The van der Waals surface area contributed by atoms with Gasteiger partial charge in [0, 0.05) is 78.0 Å². The Morgan fingerprint density at radius 3 is 2.61 bits per heavy atom. The molecule has 6 nitrogen and oxygen atoms in total. The van der Waals surface area contributed by atoms with E-state index in [9.17, 15) is 4.79 Å².